The molecular weight excluding hydrogens is 267 g/mol. The van der Waals surface area contributed by atoms with Gasteiger partial charge in [0.2, 0.25) is 0 Å². The van der Waals surface area contributed by atoms with Crippen LogP contribution in [0.1, 0.15) is 24.9 Å². The highest BCUT2D eigenvalue weighted by molar-refractivity contribution is 5.50. The van der Waals surface area contributed by atoms with Crippen LogP contribution in [-0.4, -0.2) is 5.11 Å². The van der Waals surface area contributed by atoms with Gasteiger partial charge < -0.3 is 10.4 Å². The minimum absolute atomic E-state index is 0.0368. The number of aromatic hydroxyl groups is 1. The summed E-state index contributed by atoms with van der Waals surface area (Å²) < 4.78 is 40.1. The first kappa shape index (κ1) is 14.2. The number of rotatable bonds is 4. The largest absolute Gasteiger partial charge is 0.508 e. The highest BCUT2D eigenvalue weighted by atomic mass is 19.1. The van der Waals surface area contributed by atoms with E-state index in [1.165, 1.54) is 6.07 Å². The number of phenols is 1. The van der Waals surface area contributed by atoms with Crippen LogP contribution in [0.2, 0.25) is 0 Å². The number of hydrogen-bond acceptors (Lipinski definition) is 2. The number of para-hydroxylation sites is 1. The Morgan fingerprint density at radius 1 is 1.10 bits per heavy atom. The van der Waals surface area contributed by atoms with Crippen molar-refractivity contribution in [2.24, 2.45) is 0 Å². The van der Waals surface area contributed by atoms with Crippen LogP contribution in [0.3, 0.4) is 0 Å². The van der Waals surface area contributed by atoms with Crippen molar-refractivity contribution in [1.29, 1.82) is 0 Å². The molecule has 0 aliphatic carbocycles. The van der Waals surface area contributed by atoms with Crippen LogP contribution in [0.25, 0.3) is 0 Å². The molecule has 0 radical (unpaired) electrons. The number of anilines is 1. The van der Waals surface area contributed by atoms with Gasteiger partial charge in [0.1, 0.15) is 17.3 Å². The third-order valence-corrected chi connectivity index (χ3v) is 3.05. The molecular formula is C15H14F3NO. The van der Waals surface area contributed by atoms with Crippen LogP contribution in [0.4, 0.5) is 18.9 Å². The zero-order valence-electron chi connectivity index (χ0n) is 10.8. The molecule has 0 amide bonds. The molecule has 0 aromatic heterocycles. The lowest BCUT2D eigenvalue weighted by Gasteiger charge is -2.20. The van der Waals surface area contributed by atoms with Gasteiger partial charge in [-0.1, -0.05) is 25.1 Å². The molecule has 2 aromatic carbocycles. The van der Waals surface area contributed by atoms with Gasteiger partial charge >= 0.3 is 0 Å². The number of benzene rings is 2. The van der Waals surface area contributed by atoms with E-state index in [1.807, 2.05) is 6.92 Å². The highest BCUT2D eigenvalue weighted by Crippen LogP contribution is 2.31. The van der Waals surface area contributed by atoms with Gasteiger partial charge in [0, 0.05) is 17.7 Å². The molecule has 1 unspecified atom stereocenters. The number of nitrogens with one attached hydrogen (secondary N) is 1. The Kier molecular flexibility index (Phi) is 4.17. The molecule has 0 aliphatic rings. The van der Waals surface area contributed by atoms with Gasteiger partial charge in [0.25, 0.3) is 0 Å². The second-order valence-electron chi connectivity index (χ2n) is 4.41. The van der Waals surface area contributed by atoms with Crippen molar-refractivity contribution in [3.8, 4) is 5.75 Å². The summed E-state index contributed by atoms with van der Waals surface area (Å²) in [6.07, 6.45) is 0.494. The van der Waals surface area contributed by atoms with Crippen molar-refractivity contribution in [3.63, 3.8) is 0 Å². The fourth-order valence-electron chi connectivity index (χ4n) is 2.04. The van der Waals surface area contributed by atoms with Crippen LogP contribution in [0, 0.1) is 17.5 Å². The second kappa shape index (κ2) is 5.86. The Labute approximate surface area is 114 Å². The van der Waals surface area contributed by atoms with Crippen molar-refractivity contribution in [2.75, 3.05) is 5.32 Å². The van der Waals surface area contributed by atoms with Crippen molar-refractivity contribution in [3.05, 3.63) is 59.4 Å². The van der Waals surface area contributed by atoms with Crippen molar-refractivity contribution in [2.45, 2.75) is 19.4 Å². The van der Waals surface area contributed by atoms with Crippen LogP contribution < -0.4 is 5.32 Å². The van der Waals surface area contributed by atoms with Crippen molar-refractivity contribution in [1.82, 2.24) is 0 Å². The molecule has 0 aliphatic heterocycles. The summed E-state index contributed by atoms with van der Waals surface area (Å²) in [6.45, 7) is 1.81. The number of hydrogen-bond donors (Lipinski definition) is 2. The molecule has 20 heavy (non-hydrogen) atoms. The summed E-state index contributed by atoms with van der Waals surface area (Å²) in [4.78, 5) is 0. The molecule has 1 atom stereocenters. The molecule has 106 valence electrons. The van der Waals surface area contributed by atoms with E-state index >= 15 is 0 Å². The smallest absolute Gasteiger partial charge is 0.152 e. The van der Waals surface area contributed by atoms with Gasteiger partial charge in [-0.15, -0.1) is 0 Å². The first-order valence-corrected chi connectivity index (χ1v) is 6.22. The van der Waals surface area contributed by atoms with E-state index in [0.29, 0.717) is 24.1 Å². The fourth-order valence-corrected chi connectivity index (χ4v) is 2.04. The third kappa shape index (κ3) is 2.87. The Morgan fingerprint density at radius 2 is 1.70 bits per heavy atom. The first-order chi connectivity index (χ1) is 9.52. The Morgan fingerprint density at radius 3 is 2.25 bits per heavy atom. The summed E-state index contributed by atoms with van der Waals surface area (Å²) in [7, 11) is 0. The van der Waals surface area contributed by atoms with Gasteiger partial charge in [0.05, 0.1) is 6.04 Å². The second-order valence-corrected chi connectivity index (χ2v) is 4.41. The maximum absolute atomic E-state index is 13.6. The lowest BCUT2D eigenvalue weighted by molar-refractivity contribution is 0.462. The van der Waals surface area contributed by atoms with Crippen LogP contribution >= 0.6 is 0 Å². The zero-order valence-corrected chi connectivity index (χ0v) is 10.8. The van der Waals surface area contributed by atoms with Crippen molar-refractivity contribution < 1.29 is 18.3 Å². The van der Waals surface area contributed by atoms with E-state index in [1.54, 1.807) is 18.2 Å². The Bertz CT molecular complexity index is 593. The Balaban J connectivity index is 2.35. The SMILES string of the molecule is CCC(Nc1c(F)cc(F)cc1F)c1ccccc1O. The van der Waals surface area contributed by atoms with Gasteiger partial charge in [-0.2, -0.15) is 0 Å². The summed E-state index contributed by atoms with van der Waals surface area (Å²) in [5.41, 5.74) is 0.125. The molecule has 0 saturated carbocycles. The lowest BCUT2D eigenvalue weighted by atomic mass is 10.0. The molecule has 0 bridgehead atoms. The summed E-state index contributed by atoms with van der Waals surface area (Å²) in [6, 6.07) is 7.28. The van der Waals surface area contributed by atoms with Gasteiger partial charge in [-0.05, 0) is 12.5 Å². The van der Waals surface area contributed by atoms with Crippen molar-refractivity contribution >= 4 is 5.69 Å². The van der Waals surface area contributed by atoms with E-state index in [2.05, 4.69) is 5.32 Å². The van der Waals surface area contributed by atoms with E-state index in [9.17, 15) is 18.3 Å². The standard InChI is InChI=1S/C15H14F3NO/c1-2-13(10-5-3-4-6-14(10)20)19-15-11(17)7-9(16)8-12(15)18/h3-8,13,19-20H,2H2,1H3. The maximum Gasteiger partial charge on any atom is 0.152 e. The predicted octanol–water partition coefficient (Wildman–Crippen LogP) is 4.37. The maximum atomic E-state index is 13.6. The first-order valence-electron chi connectivity index (χ1n) is 6.22. The van der Waals surface area contributed by atoms with Crippen LogP contribution in [0.15, 0.2) is 36.4 Å². The molecule has 2 rings (SSSR count). The van der Waals surface area contributed by atoms with E-state index in [-0.39, 0.29) is 5.75 Å². The average molecular weight is 281 g/mol. The summed E-state index contributed by atoms with van der Waals surface area (Å²) >= 11 is 0. The molecule has 0 heterocycles. The van der Waals surface area contributed by atoms with Gasteiger partial charge in [0.15, 0.2) is 11.6 Å². The molecule has 2 N–H and O–H groups in total. The predicted molar refractivity (Wildman–Crippen MR) is 71.1 cm³/mol. The molecule has 0 fully saturated rings. The molecule has 2 aromatic rings. The summed E-state index contributed by atoms with van der Waals surface area (Å²) in [5, 5.41) is 12.5. The van der Waals surface area contributed by atoms with Crippen LogP contribution in [-0.2, 0) is 0 Å². The Hall–Kier alpha value is -2.17. The normalized spacial score (nSPS) is 12.2. The third-order valence-electron chi connectivity index (χ3n) is 3.05. The topological polar surface area (TPSA) is 32.3 Å². The molecule has 0 spiro atoms. The number of phenolic OH excluding ortho intramolecular Hbond substituents is 1. The molecule has 0 saturated heterocycles. The summed E-state index contributed by atoms with van der Waals surface area (Å²) in [5.74, 6) is -2.94. The molecule has 2 nitrogen and oxygen atoms in total. The minimum atomic E-state index is -1.00. The monoisotopic (exact) mass is 281 g/mol. The minimum Gasteiger partial charge on any atom is -0.508 e. The van der Waals surface area contributed by atoms with E-state index in [0.717, 1.165) is 0 Å². The number of halogens is 3. The average Bonchev–Trinajstić information content (AvgIpc) is 2.39. The highest BCUT2D eigenvalue weighted by Gasteiger charge is 2.18. The lowest BCUT2D eigenvalue weighted by Crippen LogP contribution is -2.12. The fraction of sp³-hybridized carbons (Fsp3) is 0.200. The van der Waals surface area contributed by atoms with Gasteiger partial charge in [-0.25, -0.2) is 13.2 Å². The quantitative estimate of drug-likeness (QED) is 0.872. The van der Waals surface area contributed by atoms with Crippen LogP contribution in [0.5, 0.6) is 5.75 Å². The van der Waals surface area contributed by atoms with E-state index in [4.69, 9.17) is 0 Å². The zero-order chi connectivity index (χ0) is 14.7. The van der Waals surface area contributed by atoms with Gasteiger partial charge in [-0.3, -0.25) is 0 Å². The molecule has 5 heteroatoms. The van der Waals surface area contributed by atoms with E-state index < -0.39 is 29.2 Å².